The lowest BCUT2D eigenvalue weighted by atomic mass is 9.77. The Balaban J connectivity index is 1.44. The van der Waals surface area contributed by atoms with E-state index in [4.69, 9.17) is 4.74 Å². The molecule has 2 amide bonds. The van der Waals surface area contributed by atoms with Crippen LogP contribution in [0.5, 0.6) is 0 Å². The number of aryl methyl sites for hydroxylation is 1. The molecule has 0 spiro atoms. The van der Waals surface area contributed by atoms with Gasteiger partial charge in [-0.3, -0.25) is 9.59 Å². The normalized spacial score (nSPS) is 23.2. The fraction of sp³-hybridized carbons (Fsp3) is 0.471. The van der Waals surface area contributed by atoms with Crippen LogP contribution in [-0.2, 0) is 14.9 Å². The smallest absolute Gasteiger partial charge is 0.257 e. The molecule has 2 fully saturated rings. The summed E-state index contributed by atoms with van der Waals surface area (Å²) in [7, 11) is 0. The van der Waals surface area contributed by atoms with Crippen molar-refractivity contribution in [1.29, 1.82) is 0 Å². The monoisotopic (exact) mass is 559 g/mol. The number of piperidine rings is 1. The summed E-state index contributed by atoms with van der Waals surface area (Å²) in [5.41, 5.74) is 3.70. The molecular weight excluding hydrogens is 517 g/mol. The number of carbonyl (C=O) groups excluding carboxylic acids is 2. The van der Waals surface area contributed by atoms with Crippen molar-refractivity contribution in [2.24, 2.45) is 11.8 Å². The Bertz CT molecular complexity index is 1320. The van der Waals surface area contributed by atoms with E-state index < -0.39 is 11.7 Å². The zero-order chi connectivity index (χ0) is 29.1. The summed E-state index contributed by atoms with van der Waals surface area (Å²) in [6, 6.07) is 12.3. The molecule has 6 nitrogen and oxygen atoms in total. The molecule has 5 rings (SSSR count). The summed E-state index contributed by atoms with van der Waals surface area (Å²) >= 11 is 0. The number of halogens is 1. The highest BCUT2D eigenvalue weighted by Gasteiger charge is 2.43. The van der Waals surface area contributed by atoms with E-state index in [-0.39, 0.29) is 34.8 Å². The first-order valence-electron chi connectivity index (χ1n) is 14.8. The van der Waals surface area contributed by atoms with E-state index in [0.29, 0.717) is 44.6 Å². The van der Waals surface area contributed by atoms with Gasteiger partial charge in [-0.05, 0) is 67.0 Å². The number of nitrogens with one attached hydrogen (secondary N) is 1. The molecule has 41 heavy (non-hydrogen) atoms. The Morgan fingerprint density at radius 1 is 1.05 bits per heavy atom. The van der Waals surface area contributed by atoms with Crippen LogP contribution >= 0.6 is 0 Å². The third kappa shape index (κ3) is 6.40. The fourth-order valence-electron chi connectivity index (χ4n) is 6.35. The van der Waals surface area contributed by atoms with Crippen LogP contribution < -0.4 is 5.32 Å². The fourth-order valence-corrected chi connectivity index (χ4v) is 6.35. The Morgan fingerprint density at radius 2 is 1.80 bits per heavy atom. The largest absolute Gasteiger partial charge is 0.378 e. The lowest BCUT2D eigenvalue weighted by molar-refractivity contribution is -0.123. The molecule has 2 heterocycles. The molecule has 218 valence electrons. The van der Waals surface area contributed by atoms with Crippen molar-refractivity contribution in [2.75, 3.05) is 38.2 Å². The van der Waals surface area contributed by atoms with Crippen LogP contribution in [0, 0.1) is 24.6 Å². The van der Waals surface area contributed by atoms with Gasteiger partial charge in [0.2, 0.25) is 5.91 Å². The summed E-state index contributed by atoms with van der Waals surface area (Å²) in [6.07, 6.45) is 8.53. The number of hydrogen-bond donors (Lipinski definition) is 1. The summed E-state index contributed by atoms with van der Waals surface area (Å²) in [5, 5.41) is 3.16. The van der Waals surface area contributed by atoms with E-state index in [0.717, 1.165) is 30.0 Å². The summed E-state index contributed by atoms with van der Waals surface area (Å²) in [5.74, 6) is -1.44. The Morgan fingerprint density at radius 3 is 2.49 bits per heavy atom. The van der Waals surface area contributed by atoms with Gasteiger partial charge in [0.05, 0.1) is 30.7 Å². The van der Waals surface area contributed by atoms with Crippen LogP contribution in [0.3, 0.4) is 0 Å². The Kier molecular flexibility index (Phi) is 8.64. The number of allylic oxidation sites excluding steroid dienone is 2. The average molecular weight is 560 g/mol. The van der Waals surface area contributed by atoms with Crippen LogP contribution in [0.2, 0.25) is 0 Å². The molecule has 0 aromatic heterocycles. The highest BCUT2D eigenvalue weighted by atomic mass is 19.1. The van der Waals surface area contributed by atoms with Gasteiger partial charge in [0.1, 0.15) is 5.82 Å². The molecule has 2 aliphatic heterocycles. The van der Waals surface area contributed by atoms with Gasteiger partial charge in [0.15, 0.2) is 0 Å². The van der Waals surface area contributed by atoms with E-state index >= 15 is 0 Å². The first-order valence-corrected chi connectivity index (χ1v) is 14.8. The molecule has 7 heteroatoms. The second-order valence-electron chi connectivity index (χ2n) is 12.5. The van der Waals surface area contributed by atoms with E-state index in [9.17, 15) is 14.0 Å². The maximum atomic E-state index is 15.0. The number of morpholine rings is 1. The minimum absolute atomic E-state index is 0.0492. The molecule has 2 aromatic rings. The Labute approximate surface area is 243 Å². The topological polar surface area (TPSA) is 61.9 Å². The second kappa shape index (κ2) is 12.2. The lowest BCUT2D eigenvalue weighted by Crippen LogP contribution is -2.55. The summed E-state index contributed by atoms with van der Waals surface area (Å²) < 4.78 is 20.5. The van der Waals surface area contributed by atoms with Crippen LogP contribution in [0.25, 0.3) is 0 Å². The van der Waals surface area contributed by atoms with Gasteiger partial charge in [-0.25, -0.2) is 4.39 Å². The average Bonchev–Trinajstić information content (AvgIpc) is 2.97. The molecule has 3 atom stereocenters. The first kappa shape index (κ1) is 29.1. The van der Waals surface area contributed by atoms with Gasteiger partial charge in [-0.15, -0.1) is 0 Å². The van der Waals surface area contributed by atoms with Crippen molar-refractivity contribution < 1.29 is 18.7 Å². The van der Waals surface area contributed by atoms with E-state index in [1.54, 1.807) is 24.0 Å². The zero-order valence-corrected chi connectivity index (χ0v) is 24.7. The van der Waals surface area contributed by atoms with Crippen LogP contribution in [0.15, 0.2) is 66.4 Å². The maximum absolute atomic E-state index is 15.0. The van der Waals surface area contributed by atoms with Crippen molar-refractivity contribution in [3.8, 4) is 0 Å². The molecule has 0 radical (unpaired) electrons. The van der Waals surface area contributed by atoms with Gasteiger partial charge in [-0.2, -0.15) is 0 Å². The molecule has 3 aliphatic rings. The molecule has 1 N–H and O–H groups in total. The van der Waals surface area contributed by atoms with Gasteiger partial charge in [0.25, 0.3) is 5.91 Å². The minimum Gasteiger partial charge on any atom is -0.378 e. The number of ether oxygens (including phenoxy) is 1. The minimum atomic E-state index is -0.520. The number of likely N-dealkylation sites (tertiary alicyclic amines) is 1. The highest BCUT2D eigenvalue weighted by Crippen LogP contribution is 2.37. The van der Waals surface area contributed by atoms with Crippen LogP contribution in [-0.4, -0.2) is 60.5 Å². The number of amides is 2. The van der Waals surface area contributed by atoms with Crippen molar-refractivity contribution in [1.82, 2.24) is 9.80 Å². The number of benzene rings is 2. The molecule has 2 saturated heterocycles. The van der Waals surface area contributed by atoms with Crippen molar-refractivity contribution in [3.63, 3.8) is 0 Å². The third-order valence-electron chi connectivity index (χ3n) is 8.64. The summed E-state index contributed by atoms with van der Waals surface area (Å²) in [6.45, 7) is 11.8. The van der Waals surface area contributed by atoms with Crippen LogP contribution in [0.1, 0.15) is 61.5 Å². The predicted octanol–water partition coefficient (Wildman–Crippen LogP) is 6.08. The van der Waals surface area contributed by atoms with Crippen molar-refractivity contribution in [3.05, 3.63) is 88.9 Å². The number of nitrogens with zero attached hydrogens (tertiary/aromatic N) is 2. The van der Waals surface area contributed by atoms with Gasteiger partial charge in [0, 0.05) is 36.9 Å². The van der Waals surface area contributed by atoms with Crippen molar-refractivity contribution >= 4 is 17.5 Å². The standard InChI is InChI=1S/C34H42FN3O3/c1-23-8-5-12-29(35)30(23)33(40)38-17-7-11-28(32(39)36-26-10-6-9-25(22-26)34(2,3)4)31(38)24-13-15-27(16-14-24)37-18-20-41-21-19-37/h5-6,8-10,12-13,15-16,22,24,28,31H,7,11,14,17-21H2,1-4H3,(H,36,39)/t24?,28-,31-/m0/s1. The van der Waals surface area contributed by atoms with Crippen molar-refractivity contribution in [2.45, 2.75) is 58.4 Å². The lowest BCUT2D eigenvalue weighted by Gasteiger charge is -2.45. The number of rotatable bonds is 5. The van der Waals surface area contributed by atoms with Gasteiger partial charge >= 0.3 is 0 Å². The van der Waals surface area contributed by atoms with Gasteiger partial charge < -0.3 is 19.9 Å². The zero-order valence-electron chi connectivity index (χ0n) is 24.7. The molecule has 2 aromatic carbocycles. The molecule has 0 bridgehead atoms. The number of carbonyl (C=O) groups is 2. The van der Waals surface area contributed by atoms with E-state index in [1.807, 2.05) is 18.2 Å². The Hall–Kier alpha value is -3.45. The molecule has 0 saturated carbocycles. The second-order valence-corrected chi connectivity index (χ2v) is 12.5. The van der Waals surface area contributed by atoms with E-state index in [2.05, 4.69) is 55.3 Å². The number of anilines is 1. The third-order valence-corrected chi connectivity index (χ3v) is 8.64. The first-order chi connectivity index (χ1) is 19.6. The quantitative estimate of drug-likeness (QED) is 0.482. The van der Waals surface area contributed by atoms with E-state index in [1.165, 1.54) is 6.07 Å². The molecular formula is C34H42FN3O3. The SMILES string of the molecule is Cc1cccc(F)c1C(=O)N1CCC[C@H](C(=O)Nc2cccc(C(C)(C)C)c2)[C@@H]1C1C=CC(N2CCOCC2)=CC1. The maximum Gasteiger partial charge on any atom is 0.257 e. The predicted molar refractivity (Wildman–Crippen MR) is 160 cm³/mol. The number of hydrogen-bond acceptors (Lipinski definition) is 4. The summed E-state index contributed by atoms with van der Waals surface area (Å²) in [4.78, 5) is 32.0. The van der Waals surface area contributed by atoms with Crippen LogP contribution in [0.4, 0.5) is 10.1 Å². The molecule has 1 aliphatic carbocycles. The molecule has 1 unspecified atom stereocenters. The highest BCUT2D eigenvalue weighted by molar-refractivity contribution is 5.98. The van der Waals surface area contributed by atoms with Gasteiger partial charge in [-0.1, -0.05) is 57.2 Å².